The highest BCUT2D eigenvalue weighted by Gasteiger charge is 2.13. The number of aromatic amines is 1. The average Bonchev–Trinajstić information content (AvgIpc) is 3.09. The minimum Gasteiger partial charge on any atom is -0.460 e. The number of nitrogens with zero attached hydrogens (tertiary/aromatic N) is 1. The number of hydrogen-bond acceptors (Lipinski definition) is 5. The zero-order valence-corrected chi connectivity index (χ0v) is 11.1. The number of rotatable bonds is 3. The highest BCUT2D eigenvalue weighted by molar-refractivity contribution is 5.79. The molecule has 0 bridgehead atoms. The van der Waals surface area contributed by atoms with Crippen molar-refractivity contribution in [3.8, 4) is 17.5 Å². The smallest absolute Gasteiger partial charge is 0.294 e. The fourth-order valence-electron chi connectivity index (χ4n) is 2.25. The van der Waals surface area contributed by atoms with Gasteiger partial charge in [0.25, 0.3) is 6.01 Å². The van der Waals surface area contributed by atoms with E-state index in [0.717, 1.165) is 28.1 Å². The molecule has 3 aromatic rings. The summed E-state index contributed by atoms with van der Waals surface area (Å²) in [6.07, 6.45) is 0. The van der Waals surface area contributed by atoms with Gasteiger partial charge in [0.05, 0.1) is 11.0 Å². The van der Waals surface area contributed by atoms with Gasteiger partial charge in [0.2, 0.25) is 6.79 Å². The van der Waals surface area contributed by atoms with E-state index >= 15 is 0 Å². The molecule has 1 aromatic heterocycles. The van der Waals surface area contributed by atoms with Crippen molar-refractivity contribution in [2.75, 3.05) is 12.5 Å². The predicted octanol–water partition coefficient (Wildman–Crippen LogP) is 2.45. The number of aromatic nitrogens is 2. The van der Waals surface area contributed by atoms with E-state index in [1.807, 2.05) is 36.4 Å². The lowest BCUT2D eigenvalue weighted by atomic mass is 10.2. The molecule has 6 nitrogen and oxygen atoms in total. The van der Waals surface area contributed by atoms with E-state index in [4.69, 9.17) is 19.9 Å². The highest BCUT2D eigenvalue weighted by Crippen LogP contribution is 2.32. The molecule has 6 heteroatoms. The number of anilines is 1. The third-order valence-corrected chi connectivity index (χ3v) is 3.30. The Hall–Kier alpha value is -2.89. The van der Waals surface area contributed by atoms with Crippen LogP contribution in [0.15, 0.2) is 36.4 Å². The maximum Gasteiger partial charge on any atom is 0.294 e. The fraction of sp³-hybridized carbons (Fsp3) is 0.133. The van der Waals surface area contributed by atoms with E-state index in [-0.39, 0.29) is 6.79 Å². The standard InChI is InChI=1S/C15H13N3O3/c16-10-2-3-11-12(6-10)18-15(17-11)19-7-9-1-4-13-14(5-9)21-8-20-13/h1-6H,7-8,16H2,(H,17,18). The molecule has 2 aromatic carbocycles. The van der Waals surface area contributed by atoms with Gasteiger partial charge in [-0.3, -0.25) is 0 Å². The summed E-state index contributed by atoms with van der Waals surface area (Å²) in [4.78, 5) is 7.44. The van der Waals surface area contributed by atoms with Gasteiger partial charge in [-0.05, 0) is 35.9 Å². The Balaban J connectivity index is 1.52. The topological polar surface area (TPSA) is 82.4 Å². The second kappa shape index (κ2) is 4.59. The molecular weight excluding hydrogens is 270 g/mol. The van der Waals surface area contributed by atoms with Crippen LogP contribution in [0.4, 0.5) is 5.69 Å². The minimum absolute atomic E-state index is 0.268. The number of fused-ring (bicyclic) bond motifs is 2. The quantitative estimate of drug-likeness (QED) is 0.721. The largest absolute Gasteiger partial charge is 0.460 e. The van der Waals surface area contributed by atoms with Crippen LogP contribution in [-0.4, -0.2) is 16.8 Å². The van der Waals surface area contributed by atoms with E-state index < -0.39 is 0 Å². The lowest BCUT2D eigenvalue weighted by Crippen LogP contribution is -1.96. The third-order valence-electron chi connectivity index (χ3n) is 3.30. The van der Waals surface area contributed by atoms with Crippen molar-refractivity contribution in [3.63, 3.8) is 0 Å². The molecule has 2 heterocycles. The van der Waals surface area contributed by atoms with Gasteiger partial charge >= 0.3 is 0 Å². The van der Waals surface area contributed by atoms with E-state index in [2.05, 4.69) is 9.97 Å². The summed E-state index contributed by atoms with van der Waals surface area (Å²) in [5.74, 6) is 1.51. The van der Waals surface area contributed by atoms with Crippen LogP contribution < -0.4 is 19.9 Å². The number of ether oxygens (including phenoxy) is 3. The number of benzene rings is 2. The van der Waals surface area contributed by atoms with Crippen molar-refractivity contribution in [3.05, 3.63) is 42.0 Å². The molecule has 21 heavy (non-hydrogen) atoms. The second-order valence-corrected chi connectivity index (χ2v) is 4.79. The zero-order chi connectivity index (χ0) is 14.2. The first kappa shape index (κ1) is 11.9. The Morgan fingerprint density at radius 3 is 3.00 bits per heavy atom. The van der Waals surface area contributed by atoms with E-state index in [1.54, 1.807) is 0 Å². The summed E-state index contributed by atoms with van der Waals surface area (Å²) in [5, 5.41) is 0. The van der Waals surface area contributed by atoms with Gasteiger partial charge in [0.15, 0.2) is 11.5 Å². The molecule has 0 radical (unpaired) electrons. The first-order valence-corrected chi connectivity index (χ1v) is 6.54. The maximum absolute atomic E-state index is 5.74. The molecule has 1 aliphatic heterocycles. The van der Waals surface area contributed by atoms with E-state index in [0.29, 0.717) is 18.3 Å². The Bertz CT molecular complexity index is 813. The van der Waals surface area contributed by atoms with Gasteiger partial charge in [-0.25, -0.2) is 0 Å². The molecule has 0 atom stereocenters. The molecule has 0 saturated carbocycles. The van der Waals surface area contributed by atoms with Crippen LogP contribution in [0.25, 0.3) is 11.0 Å². The van der Waals surface area contributed by atoms with Gasteiger partial charge < -0.3 is 24.9 Å². The summed E-state index contributed by atoms with van der Waals surface area (Å²) >= 11 is 0. The fourth-order valence-corrected chi connectivity index (χ4v) is 2.25. The van der Waals surface area contributed by atoms with Crippen molar-refractivity contribution < 1.29 is 14.2 Å². The van der Waals surface area contributed by atoms with E-state index in [1.165, 1.54) is 0 Å². The average molecular weight is 283 g/mol. The van der Waals surface area contributed by atoms with Crippen LogP contribution in [0, 0.1) is 0 Å². The molecule has 0 unspecified atom stereocenters. The van der Waals surface area contributed by atoms with Crippen molar-refractivity contribution >= 4 is 16.7 Å². The monoisotopic (exact) mass is 283 g/mol. The van der Waals surface area contributed by atoms with Crippen molar-refractivity contribution in [2.24, 2.45) is 0 Å². The Morgan fingerprint density at radius 1 is 1.14 bits per heavy atom. The Morgan fingerprint density at radius 2 is 2.05 bits per heavy atom. The van der Waals surface area contributed by atoms with Gasteiger partial charge in [-0.1, -0.05) is 6.07 Å². The number of nitrogens with one attached hydrogen (secondary N) is 1. The summed E-state index contributed by atoms with van der Waals surface area (Å²) in [7, 11) is 0. The van der Waals surface area contributed by atoms with Crippen molar-refractivity contribution in [1.82, 2.24) is 9.97 Å². The van der Waals surface area contributed by atoms with E-state index in [9.17, 15) is 0 Å². The molecular formula is C15H13N3O3. The van der Waals surface area contributed by atoms with Gasteiger partial charge in [-0.15, -0.1) is 0 Å². The van der Waals surface area contributed by atoms with Gasteiger partial charge in [0.1, 0.15) is 6.61 Å². The normalized spacial score (nSPS) is 12.8. The molecule has 1 aliphatic rings. The third kappa shape index (κ3) is 2.20. The molecule has 4 rings (SSSR count). The van der Waals surface area contributed by atoms with Gasteiger partial charge in [0, 0.05) is 5.69 Å². The summed E-state index contributed by atoms with van der Waals surface area (Å²) in [5.41, 5.74) is 9.09. The van der Waals surface area contributed by atoms with Crippen LogP contribution in [-0.2, 0) is 6.61 Å². The number of nitrogens with two attached hydrogens (primary N) is 1. The first-order valence-electron chi connectivity index (χ1n) is 6.54. The van der Waals surface area contributed by atoms with Crippen LogP contribution in [0.3, 0.4) is 0 Å². The molecule has 0 fully saturated rings. The lowest BCUT2D eigenvalue weighted by Gasteiger charge is -2.03. The summed E-state index contributed by atoms with van der Waals surface area (Å²) in [6, 6.07) is 11.7. The highest BCUT2D eigenvalue weighted by atomic mass is 16.7. The zero-order valence-electron chi connectivity index (χ0n) is 11.1. The molecule has 0 amide bonds. The molecule has 0 saturated heterocycles. The molecule has 0 spiro atoms. The number of hydrogen-bond donors (Lipinski definition) is 2. The number of nitrogen functional groups attached to an aromatic ring is 1. The molecule has 3 N–H and O–H groups in total. The SMILES string of the molecule is Nc1ccc2nc(OCc3ccc4c(c3)OCO4)[nH]c2c1. The van der Waals surface area contributed by atoms with Gasteiger partial charge in [-0.2, -0.15) is 4.98 Å². The van der Waals surface area contributed by atoms with Crippen LogP contribution in [0.1, 0.15) is 5.56 Å². The minimum atomic E-state index is 0.268. The van der Waals surface area contributed by atoms with Crippen LogP contribution in [0.5, 0.6) is 17.5 Å². The van der Waals surface area contributed by atoms with Crippen molar-refractivity contribution in [2.45, 2.75) is 6.61 Å². The summed E-state index contributed by atoms with van der Waals surface area (Å²) < 4.78 is 16.3. The second-order valence-electron chi connectivity index (χ2n) is 4.79. The lowest BCUT2D eigenvalue weighted by molar-refractivity contribution is 0.174. The summed E-state index contributed by atoms with van der Waals surface area (Å²) in [6.45, 7) is 0.663. The Kier molecular flexibility index (Phi) is 2.60. The number of imidazole rings is 1. The Labute approximate surface area is 120 Å². The molecule has 106 valence electrons. The molecule has 0 aliphatic carbocycles. The predicted molar refractivity (Wildman–Crippen MR) is 77.4 cm³/mol. The van der Waals surface area contributed by atoms with Crippen LogP contribution >= 0.6 is 0 Å². The first-order chi connectivity index (χ1) is 10.3. The van der Waals surface area contributed by atoms with Crippen LogP contribution in [0.2, 0.25) is 0 Å². The maximum atomic E-state index is 5.74. The van der Waals surface area contributed by atoms with Crippen molar-refractivity contribution in [1.29, 1.82) is 0 Å². The number of H-pyrrole nitrogens is 1.